The number of anilines is 1. The van der Waals surface area contributed by atoms with Crippen LogP contribution in [0.5, 0.6) is 0 Å². The number of benzene rings is 1. The van der Waals surface area contributed by atoms with Crippen molar-refractivity contribution in [2.24, 2.45) is 5.92 Å². The topological polar surface area (TPSA) is 118 Å². The van der Waals surface area contributed by atoms with Crippen LogP contribution in [0.25, 0.3) is 22.7 Å². The highest BCUT2D eigenvalue weighted by atomic mass is 16.5. The molecule has 3 aromatic heterocycles. The summed E-state index contributed by atoms with van der Waals surface area (Å²) in [6.45, 7) is 3.45. The summed E-state index contributed by atoms with van der Waals surface area (Å²) in [5.41, 5.74) is 9.03. The number of rotatable bonds is 8. The third kappa shape index (κ3) is 3.75. The molecule has 164 valence electrons. The molecule has 32 heavy (non-hydrogen) atoms. The molecule has 0 aliphatic heterocycles. The van der Waals surface area contributed by atoms with Crippen molar-refractivity contribution in [1.29, 1.82) is 0 Å². The van der Waals surface area contributed by atoms with Gasteiger partial charge < -0.3 is 15.0 Å². The summed E-state index contributed by atoms with van der Waals surface area (Å²) in [4.78, 5) is 13.3. The van der Waals surface area contributed by atoms with Crippen molar-refractivity contribution in [3.8, 4) is 22.7 Å². The van der Waals surface area contributed by atoms with Gasteiger partial charge in [0.1, 0.15) is 5.82 Å². The van der Waals surface area contributed by atoms with E-state index in [1.54, 1.807) is 25.7 Å². The van der Waals surface area contributed by atoms with Gasteiger partial charge in [-0.15, -0.1) is 0 Å². The number of nitrogen functional groups attached to an aromatic ring is 1. The fraction of sp³-hybridized carbons (Fsp3) is 0.348. The van der Waals surface area contributed by atoms with E-state index in [1.165, 1.54) is 0 Å². The largest absolute Gasteiger partial charge is 0.383 e. The molecule has 0 bridgehead atoms. The molecule has 1 aromatic carbocycles. The van der Waals surface area contributed by atoms with Crippen molar-refractivity contribution < 1.29 is 9.26 Å². The average molecular weight is 432 g/mol. The van der Waals surface area contributed by atoms with Crippen LogP contribution < -0.4 is 5.73 Å². The van der Waals surface area contributed by atoms with Crippen LogP contribution >= 0.6 is 0 Å². The Balaban J connectivity index is 1.43. The lowest BCUT2D eigenvalue weighted by atomic mass is 9.77. The predicted molar refractivity (Wildman–Crippen MR) is 118 cm³/mol. The third-order valence-electron chi connectivity index (χ3n) is 6.14. The van der Waals surface area contributed by atoms with Crippen molar-refractivity contribution in [3.05, 3.63) is 60.4 Å². The number of nitrogens with two attached hydrogens (primary N) is 1. The van der Waals surface area contributed by atoms with Crippen molar-refractivity contribution in [2.75, 3.05) is 19.5 Å². The van der Waals surface area contributed by atoms with E-state index in [-0.39, 0.29) is 5.41 Å². The molecule has 0 saturated heterocycles. The van der Waals surface area contributed by atoms with Crippen LogP contribution in [0.3, 0.4) is 0 Å². The molecule has 9 nitrogen and oxygen atoms in total. The fourth-order valence-electron chi connectivity index (χ4n) is 4.02. The van der Waals surface area contributed by atoms with Crippen LogP contribution in [0.1, 0.15) is 31.2 Å². The summed E-state index contributed by atoms with van der Waals surface area (Å²) in [5, 5.41) is 8.72. The number of ether oxygens (including phenoxy) is 1. The highest BCUT2D eigenvalue weighted by Gasteiger charge is 2.47. The lowest BCUT2D eigenvalue weighted by molar-refractivity contribution is 0.183. The second-order valence-electron chi connectivity index (χ2n) is 8.29. The van der Waals surface area contributed by atoms with E-state index >= 15 is 0 Å². The summed E-state index contributed by atoms with van der Waals surface area (Å²) >= 11 is 0. The van der Waals surface area contributed by atoms with Gasteiger partial charge in [-0.1, -0.05) is 29.4 Å². The third-order valence-corrected chi connectivity index (χ3v) is 6.14. The van der Waals surface area contributed by atoms with E-state index in [1.807, 2.05) is 10.9 Å². The molecule has 1 atom stereocenters. The van der Waals surface area contributed by atoms with E-state index in [0.717, 1.165) is 35.2 Å². The second kappa shape index (κ2) is 8.16. The minimum absolute atomic E-state index is 0.334. The highest BCUT2D eigenvalue weighted by Crippen LogP contribution is 2.50. The number of hydrogen-bond acceptors (Lipinski definition) is 8. The zero-order chi connectivity index (χ0) is 22.1. The molecule has 0 unspecified atom stereocenters. The van der Waals surface area contributed by atoms with Crippen molar-refractivity contribution in [3.63, 3.8) is 0 Å². The molecule has 0 amide bonds. The van der Waals surface area contributed by atoms with Gasteiger partial charge in [-0.2, -0.15) is 10.1 Å². The molecule has 1 fully saturated rings. The van der Waals surface area contributed by atoms with E-state index in [9.17, 15) is 0 Å². The Morgan fingerprint density at radius 3 is 2.62 bits per heavy atom. The Labute approximate surface area is 185 Å². The monoisotopic (exact) mass is 431 g/mol. The minimum Gasteiger partial charge on any atom is -0.383 e. The van der Waals surface area contributed by atoms with Crippen LogP contribution in [0, 0.1) is 5.92 Å². The lowest BCUT2D eigenvalue weighted by Crippen LogP contribution is -2.28. The van der Waals surface area contributed by atoms with Crippen molar-refractivity contribution in [1.82, 2.24) is 29.9 Å². The number of aromatic nitrogens is 6. The Hall–Kier alpha value is -3.59. The summed E-state index contributed by atoms with van der Waals surface area (Å²) < 4.78 is 12.6. The zero-order valence-corrected chi connectivity index (χ0v) is 18.1. The first-order chi connectivity index (χ1) is 15.6. The first-order valence-corrected chi connectivity index (χ1v) is 10.6. The van der Waals surface area contributed by atoms with Gasteiger partial charge in [0.05, 0.1) is 48.4 Å². The van der Waals surface area contributed by atoms with Gasteiger partial charge in [0.2, 0.25) is 0 Å². The fourth-order valence-corrected chi connectivity index (χ4v) is 4.02. The number of hydrogen-bond donors (Lipinski definition) is 1. The summed E-state index contributed by atoms with van der Waals surface area (Å²) in [6, 6.07) is 8.34. The normalized spacial score (nSPS) is 15.6. The van der Waals surface area contributed by atoms with Gasteiger partial charge in [0.25, 0.3) is 5.89 Å². The Bertz CT molecular complexity index is 1200. The molecular weight excluding hydrogens is 406 g/mol. The van der Waals surface area contributed by atoms with Gasteiger partial charge in [0, 0.05) is 18.9 Å². The smallest absolute Gasteiger partial charge is 0.261 e. The summed E-state index contributed by atoms with van der Waals surface area (Å²) in [6.07, 6.45) is 9.16. The Kier molecular flexibility index (Phi) is 5.18. The molecular formula is C23H25N7O2. The Morgan fingerprint density at radius 1 is 1.12 bits per heavy atom. The molecule has 0 radical (unpaired) electrons. The predicted octanol–water partition coefficient (Wildman–Crippen LogP) is 3.33. The van der Waals surface area contributed by atoms with Gasteiger partial charge in [-0.05, 0) is 31.2 Å². The molecule has 9 heteroatoms. The molecule has 1 aliphatic carbocycles. The van der Waals surface area contributed by atoms with E-state index in [4.69, 9.17) is 20.0 Å². The van der Waals surface area contributed by atoms with E-state index < -0.39 is 0 Å². The van der Waals surface area contributed by atoms with Gasteiger partial charge >= 0.3 is 0 Å². The van der Waals surface area contributed by atoms with E-state index in [0.29, 0.717) is 36.6 Å². The van der Waals surface area contributed by atoms with Gasteiger partial charge in [-0.3, -0.25) is 9.67 Å². The Morgan fingerprint density at radius 2 is 1.94 bits per heavy atom. The van der Waals surface area contributed by atoms with E-state index in [2.05, 4.69) is 51.4 Å². The SMILES string of the molecule is COCCn1cc(-c2nc([C@@](C)(c3ccc(-c4cnc(N)cn4)cc3)C3CC3)no2)cn1. The second-order valence-corrected chi connectivity index (χ2v) is 8.29. The van der Waals surface area contributed by atoms with Crippen LogP contribution in [-0.4, -0.2) is 43.6 Å². The number of methoxy groups -OCH3 is 1. The maximum Gasteiger partial charge on any atom is 0.261 e. The molecule has 2 N–H and O–H groups in total. The molecule has 0 spiro atoms. The summed E-state index contributed by atoms with van der Waals surface area (Å²) in [7, 11) is 1.67. The van der Waals surface area contributed by atoms with Crippen LogP contribution in [-0.2, 0) is 16.7 Å². The minimum atomic E-state index is -0.334. The maximum absolute atomic E-state index is 5.65. The number of nitrogens with zero attached hydrogens (tertiary/aromatic N) is 6. The van der Waals surface area contributed by atoms with Crippen LogP contribution in [0.2, 0.25) is 0 Å². The lowest BCUT2D eigenvalue weighted by Gasteiger charge is -2.26. The highest BCUT2D eigenvalue weighted by molar-refractivity contribution is 5.60. The van der Waals surface area contributed by atoms with Crippen LogP contribution in [0.15, 0.2) is 53.6 Å². The molecule has 1 saturated carbocycles. The standard InChI is InChI=1S/C23H25N7O2/c1-23(18-7-8-18,17-5-3-15(4-6-17)19-12-26-20(24)13-25-19)22-28-21(32-29-22)16-11-27-30(14-16)9-10-31-2/h3-6,11-14,18H,7-10H2,1-2H3,(H2,24,26)/t23-/m0/s1. The zero-order valence-electron chi connectivity index (χ0n) is 18.1. The van der Waals surface area contributed by atoms with Crippen molar-refractivity contribution >= 4 is 5.82 Å². The molecule has 4 aromatic rings. The quantitative estimate of drug-likeness (QED) is 0.451. The first-order valence-electron chi connectivity index (χ1n) is 10.6. The molecule has 1 aliphatic rings. The molecule has 3 heterocycles. The first kappa shape index (κ1) is 20.3. The van der Waals surface area contributed by atoms with Gasteiger partial charge in [0.15, 0.2) is 5.82 Å². The molecule has 5 rings (SSSR count). The maximum atomic E-state index is 5.65. The summed E-state index contributed by atoms with van der Waals surface area (Å²) in [5.74, 6) is 2.05. The van der Waals surface area contributed by atoms with Crippen molar-refractivity contribution in [2.45, 2.75) is 31.7 Å². The average Bonchev–Trinajstić information content (AvgIpc) is 3.37. The van der Waals surface area contributed by atoms with Gasteiger partial charge in [-0.25, -0.2) is 4.98 Å². The van der Waals surface area contributed by atoms with Crippen LogP contribution in [0.4, 0.5) is 5.82 Å².